The van der Waals surface area contributed by atoms with Crippen molar-refractivity contribution in [1.82, 2.24) is 5.32 Å². The summed E-state index contributed by atoms with van der Waals surface area (Å²) >= 11 is 0. The molecule has 0 radical (unpaired) electrons. The smallest absolute Gasteiger partial charge is 0.154 e. The van der Waals surface area contributed by atoms with E-state index in [1.54, 1.807) is 0 Å². The fourth-order valence-corrected chi connectivity index (χ4v) is 3.17. The first-order valence-corrected chi connectivity index (χ1v) is 7.54. The van der Waals surface area contributed by atoms with Crippen LogP contribution in [0.5, 0.6) is 0 Å². The van der Waals surface area contributed by atoms with Crippen LogP contribution in [0.1, 0.15) is 31.2 Å². The second kappa shape index (κ2) is 6.22. The molecule has 0 spiro atoms. The summed E-state index contributed by atoms with van der Waals surface area (Å²) in [4.78, 5) is 0. The molecule has 23 heavy (non-hydrogen) atoms. The third-order valence-corrected chi connectivity index (χ3v) is 4.19. The number of benzene rings is 1. The van der Waals surface area contributed by atoms with E-state index in [4.69, 9.17) is 0 Å². The van der Waals surface area contributed by atoms with Gasteiger partial charge in [-0.1, -0.05) is 30.3 Å². The van der Waals surface area contributed by atoms with Crippen LogP contribution in [0.15, 0.2) is 58.4 Å². The first kappa shape index (κ1) is 14.6. The molecule has 1 N–H and O–H groups in total. The molecule has 2 aliphatic rings. The average Bonchev–Trinajstić information content (AvgIpc) is 2.62. The molecule has 1 aliphatic heterocycles. The van der Waals surface area contributed by atoms with Crippen LogP contribution < -0.4 is 5.32 Å². The Balaban J connectivity index is 2.33. The summed E-state index contributed by atoms with van der Waals surface area (Å²) in [5, 5.41) is 31.3. The van der Waals surface area contributed by atoms with Crippen molar-refractivity contribution in [3.8, 4) is 18.2 Å². The number of dihydropyridines is 1. The molecule has 4 heteroatoms. The van der Waals surface area contributed by atoms with Gasteiger partial charge in [0.1, 0.15) is 18.2 Å². The second-order valence-electron chi connectivity index (χ2n) is 5.49. The molecular formula is C19H14N4. The fourth-order valence-electron chi connectivity index (χ4n) is 3.17. The van der Waals surface area contributed by atoms with Gasteiger partial charge in [0.05, 0.1) is 11.3 Å². The zero-order valence-electron chi connectivity index (χ0n) is 12.6. The predicted octanol–water partition coefficient (Wildman–Crippen LogP) is 3.70. The Kier molecular flexibility index (Phi) is 3.96. The van der Waals surface area contributed by atoms with Crippen molar-refractivity contribution in [2.24, 2.45) is 0 Å². The van der Waals surface area contributed by atoms with E-state index in [2.05, 4.69) is 11.4 Å². The van der Waals surface area contributed by atoms with Crippen LogP contribution in [0.25, 0.3) is 5.57 Å². The normalized spacial score (nSPS) is 16.7. The van der Waals surface area contributed by atoms with Gasteiger partial charge in [-0.05, 0) is 36.8 Å². The summed E-state index contributed by atoms with van der Waals surface area (Å²) < 4.78 is 0. The zero-order valence-corrected chi connectivity index (χ0v) is 12.6. The van der Waals surface area contributed by atoms with E-state index in [1.165, 1.54) is 0 Å². The summed E-state index contributed by atoms with van der Waals surface area (Å²) in [5.41, 5.74) is 4.66. The highest BCUT2D eigenvalue weighted by Crippen LogP contribution is 2.41. The maximum atomic E-state index is 9.70. The van der Waals surface area contributed by atoms with Gasteiger partial charge in [0.2, 0.25) is 0 Å². The number of rotatable bonds is 1. The minimum Gasteiger partial charge on any atom is -0.356 e. The lowest BCUT2D eigenvalue weighted by Crippen LogP contribution is -2.25. The van der Waals surface area contributed by atoms with E-state index in [9.17, 15) is 15.8 Å². The largest absolute Gasteiger partial charge is 0.356 e. The van der Waals surface area contributed by atoms with Gasteiger partial charge in [0.25, 0.3) is 0 Å². The highest BCUT2D eigenvalue weighted by molar-refractivity contribution is 5.89. The van der Waals surface area contributed by atoms with E-state index >= 15 is 0 Å². The van der Waals surface area contributed by atoms with Gasteiger partial charge in [0.15, 0.2) is 5.57 Å². The zero-order chi connectivity index (χ0) is 16.2. The maximum Gasteiger partial charge on any atom is 0.154 e. The van der Waals surface area contributed by atoms with Crippen LogP contribution in [0.4, 0.5) is 0 Å². The van der Waals surface area contributed by atoms with Gasteiger partial charge < -0.3 is 5.32 Å². The molecule has 0 saturated carbocycles. The van der Waals surface area contributed by atoms with Crippen LogP contribution in [0.2, 0.25) is 0 Å². The van der Waals surface area contributed by atoms with E-state index in [0.29, 0.717) is 11.3 Å². The van der Waals surface area contributed by atoms with E-state index in [0.717, 1.165) is 48.1 Å². The minimum absolute atomic E-state index is 0.0490. The number of allylic oxidation sites excluding steroid dienone is 5. The molecule has 0 amide bonds. The van der Waals surface area contributed by atoms with Crippen LogP contribution in [0, 0.1) is 34.0 Å². The third kappa shape index (κ3) is 2.50. The molecular weight excluding hydrogens is 284 g/mol. The van der Waals surface area contributed by atoms with Crippen LogP contribution in [-0.2, 0) is 0 Å². The van der Waals surface area contributed by atoms with Crippen molar-refractivity contribution < 1.29 is 0 Å². The Bertz CT molecular complexity index is 849. The number of nitriles is 3. The van der Waals surface area contributed by atoms with Crippen LogP contribution in [0.3, 0.4) is 0 Å². The van der Waals surface area contributed by atoms with Crippen LogP contribution >= 0.6 is 0 Å². The molecule has 0 bridgehead atoms. The summed E-state index contributed by atoms with van der Waals surface area (Å²) in [6.07, 6.45) is 3.92. The van der Waals surface area contributed by atoms with Crippen molar-refractivity contribution in [2.75, 3.05) is 0 Å². The molecule has 4 nitrogen and oxygen atoms in total. The molecule has 1 heterocycles. The monoisotopic (exact) mass is 298 g/mol. The van der Waals surface area contributed by atoms with Crippen molar-refractivity contribution in [2.45, 2.75) is 25.7 Å². The molecule has 0 unspecified atom stereocenters. The lowest BCUT2D eigenvalue weighted by atomic mass is 9.81. The predicted molar refractivity (Wildman–Crippen MR) is 85.9 cm³/mol. The van der Waals surface area contributed by atoms with Gasteiger partial charge in [-0.15, -0.1) is 0 Å². The summed E-state index contributed by atoms with van der Waals surface area (Å²) in [5.74, 6) is 0. The topological polar surface area (TPSA) is 83.4 Å². The molecule has 0 fully saturated rings. The number of nitrogens with one attached hydrogen (secondary N) is 1. The minimum atomic E-state index is -0.0490. The lowest BCUT2D eigenvalue weighted by Gasteiger charge is -2.30. The highest BCUT2D eigenvalue weighted by atomic mass is 14.9. The first-order valence-electron chi connectivity index (χ1n) is 7.54. The van der Waals surface area contributed by atoms with Crippen molar-refractivity contribution >= 4 is 5.57 Å². The molecule has 1 aromatic rings. The Labute approximate surface area is 135 Å². The highest BCUT2D eigenvalue weighted by Gasteiger charge is 2.29. The van der Waals surface area contributed by atoms with E-state index in [1.807, 2.05) is 42.5 Å². The van der Waals surface area contributed by atoms with Gasteiger partial charge in [-0.3, -0.25) is 0 Å². The van der Waals surface area contributed by atoms with Crippen molar-refractivity contribution in [3.63, 3.8) is 0 Å². The van der Waals surface area contributed by atoms with Gasteiger partial charge >= 0.3 is 0 Å². The quantitative estimate of drug-likeness (QED) is 0.801. The molecule has 1 aromatic carbocycles. The Morgan fingerprint density at radius 2 is 1.65 bits per heavy atom. The Morgan fingerprint density at radius 3 is 2.30 bits per heavy atom. The summed E-state index contributed by atoms with van der Waals surface area (Å²) in [6.45, 7) is 0. The summed E-state index contributed by atoms with van der Waals surface area (Å²) in [6, 6.07) is 15.7. The SMILES string of the molecule is N#CC(C#N)=C1NC2=C(CCCC2)C(c2ccccc2)=C1C#N. The van der Waals surface area contributed by atoms with Gasteiger partial charge in [-0.25, -0.2) is 0 Å². The van der Waals surface area contributed by atoms with Gasteiger partial charge in [0, 0.05) is 11.3 Å². The first-order chi connectivity index (χ1) is 11.3. The molecule has 0 saturated heterocycles. The number of hydrogen-bond donors (Lipinski definition) is 1. The van der Waals surface area contributed by atoms with E-state index < -0.39 is 0 Å². The number of nitrogens with zero attached hydrogens (tertiary/aromatic N) is 3. The maximum absolute atomic E-state index is 9.70. The second-order valence-corrected chi connectivity index (χ2v) is 5.49. The van der Waals surface area contributed by atoms with Crippen LogP contribution in [-0.4, -0.2) is 0 Å². The van der Waals surface area contributed by atoms with Crippen molar-refractivity contribution in [3.05, 3.63) is 64.0 Å². The fraction of sp³-hybridized carbons (Fsp3) is 0.211. The average molecular weight is 298 g/mol. The molecule has 110 valence electrons. The summed E-state index contributed by atoms with van der Waals surface area (Å²) in [7, 11) is 0. The Morgan fingerprint density at radius 1 is 0.957 bits per heavy atom. The molecule has 0 atom stereocenters. The molecule has 0 aromatic heterocycles. The number of hydrogen-bond acceptors (Lipinski definition) is 4. The van der Waals surface area contributed by atoms with Crippen molar-refractivity contribution in [1.29, 1.82) is 15.8 Å². The third-order valence-electron chi connectivity index (χ3n) is 4.19. The van der Waals surface area contributed by atoms with Gasteiger partial charge in [-0.2, -0.15) is 15.8 Å². The molecule has 1 aliphatic carbocycles. The van der Waals surface area contributed by atoms with E-state index in [-0.39, 0.29) is 5.57 Å². The molecule has 3 rings (SSSR count). The lowest BCUT2D eigenvalue weighted by molar-refractivity contribution is 0.647. The Hall–Kier alpha value is -3.29. The standard InChI is InChI=1S/C19H14N4/c20-10-14(11-21)19-16(12-22)18(13-6-2-1-3-7-13)15-8-4-5-9-17(15)23-19/h1-3,6-7,23H,4-5,8-9H2.